The van der Waals surface area contributed by atoms with Crippen LogP contribution in [0.5, 0.6) is 0 Å². The lowest BCUT2D eigenvalue weighted by molar-refractivity contribution is 0.215. The molecule has 1 aromatic carbocycles. The largest absolute Gasteiger partial charge is 0.297 e. The summed E-state index contributed by atoms with van der Waals surface area (Å²) in [5.41, 5.74) is 1.42. The van der Waals surface area contributed by atoms with Gasteiger partial charge in [0.15, 0.2) is 0 Å². The Kier molecular flexibility index (Phi) is 2.79. The molecule has 15 heavy (non-hydrogen) atoms. The molecular weight excluding hydrogens is 270 g/mol. The lowest BCUT2D eigenvalue weighted by Gasteiger charge is -2.46. The molecular formula is C12H14BrNS. The standard InChI is InChI=1S/C12H14BrNS/c13-12-4-2-1-3-9(12)6-14-7-10-5-11(8-14)15-10/h1-4,10-11H,5-8H2. The van der Waals surface area contributed by atoms with E-state index in [-0.39, 0.29) is 0 Å². The number of thioether (sulfide) groups is 1. The predicted molar refractivity (Wildman–Crippen MR) is 69.2 cm³/mol. The highest BCUT2D eigenvalue weighted by molar-refractivity contribution is 9.10. The molecule has 1 aromatic rings. The fraction of sp³-hybridized carbons (Fsp3) is 0.500. The minimum absolute atomic E-state index is 0.922. The van der Waals surface area contributed by atoms with Gasteiger partial charge in [-0.25, -0.2) is 0 Å². The molecule has 0 N–H and O–H groups in total. The van der Waals surface area contributed by atoms with Gasteiger partial charge in [0.25, 0.3) is 0 Å². The van der Waals surface area contributed by atoms with Gasteiger partial charge in [-0.3, -0.25) is 4.90 Å². The number of fused-ring (bicyclic) bond motifs is 2. The molecule has 80 valence electrons. The summed E-state index contributed by atoms with van der Waals surface area (Å²) in [6, 6.07) is 8.56. The van der Waals surface area contributed by atoms with Crippen LogP contribution in [0, 0.1) is 0 Å². The van der Waals surface area contributed by atoms with Gasteiger partial charge in [0, 0.05) is 34.6 Å². The fourth-order valence-electron chi connectivity index (χ4n) is 2.44. The third kappa shape index (κ3) is 2.10. The summed E-state index contributed by atoms with van der Waals surface area (Å²) in [5, 5.41) is 1.84. The average molecular weight is 284 g/mol. The fourth-order valence-corrected chi connectivity index (χ4v) is 4.31. The van der Waals surface area contributed by atoms with Gasteiger partial charge in [-0.2, -0.15) is 11.8 Å². The van der Waals surface area contributed by atoms with E-state index in [1.54, 1.807) is 0 Å². The van der Waals surface area contributed by atoms with Crippen molar-refractivity contribution in [3.63, 3.8) is 0 Å². The van der Waals surface area contributed by atoms with Crippen LogP contribution in [0.15, 0.2) is 28.7 Å². The van der Waals surface area contributed by atoms with Crippen molar-refractivity contribution in [2.75, 3.05) is 13.1 Å². The van der Waals surface area contributed by atoms with Gasteiger partial charge in [0.2, 0.25) is 0 Å². The smallest absolute Gasteiger partial charge is 0.0245 e. The van der Waals surface area contributed by atoms with Crippen LogP contribution in [0.25, 0.3) is 0 Å². The van der Waals surface area contributed by atoms with Crippen molar-refractivity contribution >= 4 is 27.7 Å². The van der Waals surface area contributed by atoms with E-state index in [0.717, 1.165) is 17.0 Å². The molecule has 0 aliphatic carbocycles. The van der Waals surface area contributed by atoms with Crippen molar-refractivity contribution in [3.05, 3.63) is 34.3 Å². The number of nitrogens with zero attached hydrogens (tertiary/aromatic N) is 1. The molecule has 2 atom stereocenters. The third-order valence-electron chi connectivity index (χ3n) is 3.19. The quantitative estimate of drug-likeness (QED) is 0.821. The van der Waals surface area contributed by atoms with Gasteiger partial charge in [-0.1, -0.05) is 34.1 Å². The van der Waals surface area contributed by atoms with Crippen molar-refractivity contribution in [1.29, 1.82) is 0 Å². The SMILES string of the molecule is Brc1ccccc1CN1CC2CC(C1)S2. The normalized spacial score (nSPS) is 29.9. The molecule has 0 amide bonds. The number of halogens is 1. The summed E-state index contributed by atoms with van der Waals surface area (Å²) < 4.78 is 1.25. The second-order valence-electron chi connectivity index (χ2n) is 4.40. The zero-order valence-corrected chi connectivity index (χ0v) is 10.9. The van der Waals surface area contributed by atoms with Crippen LogP contribution in [0.3, 0.4) is 0 Å². The Morgan fingerprint density at radius 2 is 1.93 bits per heavy atom. The number of benzene rings is 1. The van der Waals surface area contributed by atoms with Gasteiger partial charge < -0.3 is 0 Å². The Morgan fingerprint density at radius 3 is 2.60 bits per heavy atom. The van der Waals surface area contributed by atoms with Crippen LogP contribution in [0.2, 0.25) is 0 Å². The van der Waals surface area contributed by atoms with Crippen molar-refractivity contribution in [3.8, 4) is 0 Å². The Bertz CT molecular complexity index is 352. The number of piperidine rings is 1. The monoisotopic (exact) mass is 283 g/mol. The van der Waals surface area contributed by atoms with Crippen LogP contribution in [-0.4, -0.2) is 28.5 Å². The average Bonchev–Trinajstić information content (AvgIpc) is 2.21. The number of rotatable bonds is 2. The highest BCUT2D eigenvalue weighted by atomic mass is 79.9. The van der Waals surface area contributed by atoms with Crippen LogP contribution < -0.4 is 0 Å². The van der Waals surface area contributed by atoms with Gasteiger partial charge >= 0.3 is 0 Å². The van der Waals surface area contributed by atoms with E-state index >= 15 is 0 Å². The first-order chi connectivity index (χ1) is 7.31. The molecule has 0 spiro atoms. The molecule has 3 heterocycles. The Labute approximate surface area is 103 Å². The minimum Gasteiger partial charge on any atom is -0.297 e. The molecule has 0 aromatic heterocycles. The van der Waals surface area contributed by atoms with E-state index in [9.17, 15) is 0 Å². The molecule has 0 saturated carbocycles. The maximum absolute atomic E-state index is 3.62. The first-order valence-corrected chi connectivity index (χ1v) is 7.16. The highest BCUT2D eigenvalue weighted by Crippen LogP contribution is 2.41. The Hall–Kier alpha value is 0.01000. The first kappa shape index (κ1) is 10.2. The molecule has 2 unspecified atom stereocenters. The van der Waals surface area contributed by atoms with Gasteiger partial charge in [-0.15, -0.1) is 0 Å². The second-order valence-corrected chi connectivity index (χ2v) is 6.86. The van der Waals surface area contributed by atoms with E-state index in [2.05, 4.69) is 56.9 Å². The molecule has 3 aliphatic heterocycles. The zero-order valence-electron chi connectivity index (χ0n) is 8.53. The summed E-state index contributed by atoms with van der Waals surface area (Å²) in [6.07, 6.45) is 1.46. The van der Waals surface area contributed by atoms with Crippen molar-refractivity contribution in [1.82, 2.24) is 4.90 Å². The number of hydrogen-bond acceptors (Lipinski definition) is 2. The Balaban J connectivity index is 1.68. The third-order valence-corrected chi connectivity index (χ3v) is 5.41. The maximum Gasteiger partial charge on any atom is 0.0245 e. The highest BCUT2D eigenvalue weighted by Gasteiger charge is 2.37. The van der Waals surface area contributed by atoms with E-state index < -0.39 is 0 Å². The van der Waals surface area contributed by atoms with Crippen LogP contribution in [-0.2, 0) is 6.54 Å². The minimum atomic E-state index is 0.922. The molecule has 3 aliphatic rings. The maximum atomic E-state index is 3.62. The lowest BCUT2D eigenvalue weighted by atomic mass is 10.1. The van der Waals surface area contributed by atoms with Gasteiger partial charge in [0.05, 0.1) is 0 Å². The van der Waals surface area contributed by atoms with E-state index in [4.69, 9.17) is 0 Å². The van der Waals surface area contributed by atoms with E-state index in [1.807, 2.05) is 0 Å². The predicted octanol–water partition coefficient (Wildman–Crippen LogP) is 3.14. The van der Waals surface area contributed by atoms with E-state index in [0.29, 0.717) is 0 Å². The van der Waals surface area contributed by atoms with Crippen LogP contribution in [0.4, 0.5) is 0 Å². The topological polar surface area (TPSA) is 3.24 Å². The van der Waals surface area contributed by atoms with Crippen LogP contribution in [0.1, 0.15) is 12.0 Å². The molecule has 0 radical (unpaired) electrons. The van der Waals surface area contributed by atoms with Gasteiger partial charge in [0.1, 0.15) is 0 Å². The summed E-state index contributed by atoms with van der Waals surface area (Å²) in [4.78, 5) is 2.59. The molecule has 3 heteroatoms. The summed E-state index contributed by atoms with van der Waals surface area (Å²) >= 11 is 5.80. The summed E-state index contributed by atoms with van der Waals surface area (Å²) in [6.45, 7) is 3.67. The van der Waals surface area contributed by atoms with Crippen molar-refractivity contribution in [2.45, 2.75) is 23.5 Å². The molecule has 4 rings (SSSR count). The van der Waals surface area contributed by atoms with Crippen LogP contribution >= 0.6 is 27.7 Å². The van der Waals surface area contributed by atoms with Crippen molar-refractivity contribution in [2.24, 2.45) is 0 Å². The van der Waals surface area contributed by atoms with E-state index in [1.165, 1.54) is 29.5 Å². The van der Waals surface area contributed by atoms with Crippen molar-refractivity contribution < 1.29 is 0 Å². The molecule has 3 fully saturated rings. The number of hydrogen-bond donors (Lipinski definition) is 0. The Morgan fingerprint density at radius 1 is 1.27 bits per heavy atom. The first-order valence-electron chi connectivity index (χ1n) is 5.42. The molecule has 2 bridgehead atoms. The summed E-state index contributed by atoms with van der Waals surface area (Å²) in [7, 11) is 0. The second kappa shape index (κ2) is 4.11. The molecule has 1 nitrogen and oxygen atoms in total. The van der Waals surface area contributed by atoms with Gasteiger partial charge in [-0.05, 0) is 18.1 Å². The molecule has 3 saturated heterocycles. The lowest BCUT2D eigenvalue weighted by Crippen LogP contribution is -2.50. The summed E-state index contributed by atoms with van der Waals surface area (Å²) in [5.74, 6) is 0. The zero-order chi connectivity index (χ0) is 10.3.